The highest BCUT2D eigenvalue weighted by Crippen LogP contribution is 2.10. The van der Waals surface area contributed by atoms with Gasteiger partial charge in [-0.15, -0.1) is 0 Å². The SMILES string of the molecule is C[C@@H]1CN(CC(=O)N2CCCCCC2)CCN1. The Morgan fingerprint density at radius 2 is 1.88 bits per heavy atom. The van der Waals surface area contributed by atoms with Crippen molar-refractivity contribution in [3.63, 3.8) is 0 Å². The van der Waals surface area contributed by atoms with Crippen LogP contribution in [0.4, 0.5) is 0 Å². The molecule has 17 heavy (non-hydrogen) atoms. The molecule has 2 fully saturated rings. The van der Waals surface area contributed by atoms with Crippen LogP contribution in [0.2, 0.25) is 0 Å². The number of amides is 1. The van der Waals surface area contributed by atoms with Gasteiger partial charge in [-0.25, -0.2) is 0 Å². The third-order valence-corrected chi connectivity index (χ3v) is 3.77. The minimum absolute atomic E-state index is 0.334. The Labute approximate surface area is 104 Å². The molecule has 0 aromatic rings. The van der Waals surface area contributed by atoms with E-state index in [1.165, 1.54) is 25.7 Å². The smallest absolute Gasteiger partial charge is 0.236 e. The van der Waals surface area contributed by atoms with E-state index in [-0.39, 0.29) is 0 Å². The van der Waals surface area contributed by atoms with Gasteiger partial charge in [0.25, 0.3) is 0 Å². The first kappa shape index (κ1) is 12.8. The summed E-state index contributed by atoms with van der Waals surface area (Å²) >= 11 is 0. The van der Waals surface area contributed by atoms with E-state index in [1.807, 2.05) is 0 Å². The van der Waals surface area contributed by atoms with Gasteiger partial charge in [0.2, 0.25) is 5.91 Å². The zero-order valence-electron chi connectivity index (χ0n) is 11.0. The normalized spacial score (nSPS) is 27.8. The molecule has 0 aliphatic carbocycles. The molecular weight excluding hydrogens is 214 g/mol. The van der Waals surface area contributed by atoms with Crippen LogP contribution < -0.4 is 5.32 Å². The molecule has 1 amide bonds. The van der Waals surface area contributed by atoms with Crippen LogP contribution in [0, 0.1) is 0 Å². The van der Waals surface area contributed by atoms with Crippen molar-refractivity contribution in [1.82, 2.24) is 15.1 Å². The molecule has 4 heteroatoms. The number of nitrogens with zero attached hydrogens (tertiary/aromatic N) is 2. The van der Waals surface area contributed by atoms with Crippen LogP contribution in [0.1, 0.15) is 32.6 Å². The Balaban J connectivity index is 1.78. The predicted molar refractivity (Wildman–Crippen MR) is 69.0 cm³/mol. The first-order valence-electron chi connectivity index (χ1n) is 6.99. The molecule has 2 aliphatic rings. The maximum absolute atomic E-state index is 12.2. The van der Waals surface area contributed by atoms with Gasteiger partial charge in [-0.05, 0) is 19.8 Å². The lowest BCUT2D eigenvalue weighted by Crippen LogP contribution is -2.52. The van der Waals surface area contributed by atoms with E-state index in [2.05, 4.69) is 22.0 Å². The van der Waals surface area contributed by atoms with Gasteiger partial charge in [-0.3, -0.25) is 9.69 Å². The summed E-state index contributed by atoms with van der Waals surface area (Å²) in [5.74, 6) is 0.334. The molecule has 0 aromatic carbocycles. The lowest BCUT2D eigenvalue weighted by atomic mass is 10.2. The van der Waals surface area contributed by atoms with E-state index in [0.29, 0.717) is 18.5 Å². The Morgan fingerprint density at radius 1 is 1.18 bits per heavy atom. The lowest BCUT2D eigenvalue weighted by molar-refractivity contribution is -0.132. The summed E-state index contributed by atoms with van der Waals surface area (Å²) in [5, 5.41) is 3.41. The van der Waals surface area contributed by atoms with E-state index in [1.54, 1.807) is 0 Å². The molecule has 0 bridgehead atoms. The standard InChI is InChI=1S/C13H25N3O/c1-12-10-15(9-6-14-12)11-13(17)16-7-4-2-3-5-8-16/h12,14H,2-11H2,1H3/t12-/m1/s1. The summed E-state index contributed by atoms with van der Waals surface area (Å²) in [5.41, 5.74) is 0. The fraction of sp³-hybridized carbons (Fsp3) is 0.923. The number of carbonyl (C=O) groups excluding carboxylic acids is 1. The van der Waals surface area contributed by atoms with Crippen LogP contribution in [-0.4, -0.2) is 61.0 Å². The van der Waals surface area contributed by atoms with Gasteiger partial charge in [-0.2, -0.15) is 0 Å². The average molecular weight is 239 g/mol. The van der Waals surface area contributed by atoms with Gasteiger partial charge in [0, 0.05) is 38.8 Å². The number of rotatable bonds is 2. The minimum atomic E-state index is 0.334. The number of hydrogen-bond acceptors (Lipinski definition) is 3. The molecular formula is C13H25N3O. The molecule has 2 heterocycles. The van der Waals surface area contributed by atoms with Crippen molar-refractivity contribution in [1.29, 1.82) is 0 Å². The van der Waals surface area contributed by atoms with E-state index >= 15 is 0 Å². The molecule has 98 valence electrons. The Morgan fingerprint density at radius 3 is 2.53 bits per heavy atom. The highest BCUT2D eigenvalue weighted by molar-refractivity contribution is 5.78. The molecule has 1 N–H and O–H groups in total. The van der Waals surface area contributed by atoms with Gasteiger partial charge < -0.3 is 10.2 Å². The number of nitrogens with one attached hydrogen (secondary N) is 1. The zero-order valence-corrected chi connectivity index (χ0v) is 11.0. The topological polar surface area (TPSA) is 35.6 Å². The van der Waals surface area contributed by atoms with Crippen LogP contribution in [-0.2, 0) is 4.79 Å². The molecule has 2 rings (SSSR count). The zero-order chi connectivity index (χ0) is 12.1. The first-order valence-corrected chi connectivity index (χ1v) is 6.99. The van der Waals surface area contributed by atoms with Crippen molar-refractivity contribution in [2.24, 2.45) is 0 Å². The lowest BCUT2D eigenvalue weighted by Gasteiger charge is -2.32. The summed E-state index contributed by atoms with van der Waals surface area (Å²) in [7, 11) is 0. The second-order valence-electron chi connectivity index (χ2n) is 5.39. The van der Waals surface area contributed by atoms with Gasteiger partial charge in [0.15, 0.2) is 0 Å². The predicted octanol–water partition coefficient (Wildman–Crippen LogP) is 0.683. The van der Waals surface area contributed by atoms with E-state index < -0.39 is 0 Å². The van der Waals surface area contributed by atoms with Crippen molar-refractivity contribution < 1.29 is 4.79 Å². The van der Waals surface area contributed by atoms with Gasteiger partial charge in [0.1, 0.15) is 0 Å². The second-order valence-corrected chi connectivity index (χ2v) is 5.39. The average Bonchev–Trinajstić information content (AvgIpc) is 2.57. The van der Waals surface area contributed by atoms with Gasteiger partial charge in [-0.1, -0.05) is 12.8 Å². The number of piperazine rings is 1. The maximum Gasteiger partial charge on any atom is 0.236 e. The third kappa shape index (κ3) is 3.96. The molecule has 2 aliphatic heterocycles. The highest BCUT2D eigenvalue weighted by atomic mass is 16.2. The Kier molecular flexibility index (Phi) is 4.80. The Bertz CT molecular complexity index is 249. The van der Waals surface area contributed by atoms with Crippen LogP contribution >= 0.6 is 0 Å². The molecule has 0 spiro atoms. The largest absolute Gasteiger partial charge is 0.342 e. The summed E-state index contributed by atoms with van der Waals surface area (Å²) < 4.78 is 0. The number of carbonyl (C=O) groups is 1. The van der Waals surface area contributed by atoms with E-state index in [0.717, 1.165) is 32.7 Å². The molecule has 4 nitrogen and oxygen atoms in total. The molecule has 2 saturated heterocycles. The van der Waals surface area contributed by atoms with Crippen molar-refractivity contribution in [3.8, 4) is 0 Å². The first-order chi connectivity index (χ1) is 8.25. The van der Waals surface area contributed by atoms with Crippen molar-refractivity contribution in [3.05, 3.63) is 0 Å². The van der Waals surface area contributed by atoms with E-state index in [9.17, 15) is 4.79 Å². The van der Waals surface area contributed by atoms with Crippen LogP contribution in [0.15, 0.2) is 0 Å². The monoisotopic (exact) mass is 239 g/mol. The van der Waals surface area contributed by atoms with Gasteiger partial charge in [0.05, 0.1) is 6.54 Å². The van der Waals surface area contributed by atoms with Crippen molar-refractivity contribution >= 4 is 5.91 Å². The van der Waals surface area contributed by atoms with Crippen LogP contribution in [0.3, 0.4) is 0 Å². The summed E-state index contributed by atoms with van der Waals surface area (Å²) in [6.07, 6.45) is 4.94. The summed E-state index contributed by atoms with van der Waals surface area (Å²) in [6.45, 7) is 7.76. The summed E-state index contributed by atoms with van der Waals surface area (Å²) in [4.78, 5) is 16.5. The third-order valence-electron chi connectivity index (χ3n) is 3.77. The molecule has 0 unspecified atom stereocenters. The number of hydrogen-bond donors (Lipinski definition) is 1. The number of likely N-dealkylation sites (tertiary alicyclic amines) is 1. The second kappa shape index (κ2) is 6.36. The van der Waals surface area contributed by atoms with E-state index in [4.69, 9.17) is 0 Å². The van der Waals surface area contributed by atoms with Crippen molar-refractivity contribution in [2.45, 2.75) is 38.6 Å². The molecule has 1 atom stereocenters. The molecule has 0 radical (unpaired) electrons. The highest BCUT2D eigenvalue weighted by Gasteiger charge is 2.21. The minimum Gasteiger partial charge on any atom is -0.342 e. The Hall–Kier alpha value is -0.610. The fourth-order valence-electron chi connectivity index (χ4n) is 2.77. The molecule has 0 saturated carbocycles. The van der Waals surface area contributed by atoms with Crippen LogP contribution in [0.5, 0.6) is 0 Å². The quantitative estimate of drug-likeness (QED) is 0.770. The molecule has 0 aromatic heterocycles. The summed E-state index contributed by atoms with van der Waals surface area (Å²) in [6, 6.07) is 0.515. The maximum atomic E-state index is 12.2. The van der Waals surface area contributed by atoms with Crippen molar-refractivity contribution in [2.75, 3.05) is 39.3 Å². The van der Waals surface area contributed by atoms with Gasteiger partial charge >= 0.3 is 0 Å². The van der Waals surface area contributed by atoms with Crippen LogP contribution in [0.25, 0.3) is 0 Å². The fourth-order valence-corrected chi connectivity index (χ4v) is 2.77.